The van der Waals surface area contributed by atoms with Gasteiger partial charge in [0.25, 0.3) is 0 Å². The zero-order valence-electron chi connectivity index (χ0n) is 63.3. The first-order chi connectivity index (χ1) is 50.7. The molecule has 0 radical (unpaired) electrons. The number of alkyl halides is 12. The number of hydrogen-bond acceptors (Lipinski definition) is 14. The topological polar surface area (TPSA) is 172 Å². The van der Waals surface area contributed by atoms with Crippen molar-refractivity contribution in [1.29, 1.82) is 0 Å². The van der Waals surface area contributed by atoms with E-state index in [0.29, 0.717) is 172 Å². The van der Waals surface area contributed by atoms with Crippen LogP contribution in [-0.2, 0) is 29.9 Å². The summed E-state index contributed by atoms with van der Waals surface area (Å²) in [6, 6.07) is 7.99. The number of aliphatic hydroxyl groups excluding tert-OH is 3. The minimum Gasteiger partial charge on any atom is -0.490 e. The SMILES string of the molecule is CC1(C)Cc2nc(C3CCN(c4ncc(OCCCO)cn4)CC3)c(C(F)c3ccc(C(F)(F)F)cc3)c(C3CCC(F)(F)CC3)c2C(O)C1.CC1(C)Cc2nc(C3CCN(c4ncc(OCCCOC[Si](C)(C)C(C)(C)C)cn4)CC3)c(C(F)c3ccc(C(F)(F)F)cc3)c(C3CCC(F)(F)CC3)c2C(O)C1. The minimum absolute atomic E-state index is 0.0125. The second-order valence-electron chi connectivity index (χ2n) is 34.0. The molecule has 14 nitrogen and oxygen atoms in total. The van der Waals surface area contributed by atoms with Gasteiger partial charge in [-0.2, -0.15) is 26.3 Å². The summed E-state index contributed by atoms with van der Waals surface area (Å²) >= 11 is 0. The minimum atomic E-state index is -4.59. The van der Waals surface area contributed by atoms with Crippen molar-refractivity contribution in [3.63, 3.8) is 0 Å². The van der Waals surface area contributed by atoms with Crippen molar-refractivity contribution in [2.75, 3.05) is 68.6 Å². The Morgan fingerprint density at radius 2 is 0.861 bits per heavy atom. The van der Waals surface area contributed by atoms with E-state index >= 15 is 8.78 Å². The van der Waals surface area contributed by atoms with Crippen LogP contribution in [0.5, 0.6) is 11.5 Å². The number of aliphatic hydroxyl groups is 3. The third-order valence-electron chi connectivity index (χ3n) is 23.4. The molecule has 0 bridgehead atoms. The highest BCUT2D eigenvalue weighted by Gasteiger charge is 2.47. The van der Waals surface area contributed by atoms with Gasteiger partial charge in [0.05, 0.1) is 80.8 Å². The van der Waals surface area contributed by atoms with E-state index in [9.17, 15) is 54.1 Å². The summed E-state index contributed by atoms with van der Waals surface area (Å²) in [6.07, 6.45) is -3.50. The summed E-state index contributed by atoms with van der Waals surface area (Å²) in [5.74, 6) is -5.02. The number of anilines is 2. The van der Waals surface area contributed by atoms with Crippen molar-refractivity contribution in [3.05, 3.63) is 152 Å². The quantitative estimate of drug-likeness (QED) is 0.0353. The molecule has 4 unspecified atom stereocenters. The van der Waals surface area contributed by atoms with E-state index in [1.807, 2.05) is 37.5 Å². The number of halogens is 12. The maximum Gasteiger partial charge on any atom is 0.416 e. The van der Waals surface area contributed by atoms with Crippen LogP contribution >= 0.6 is 0 Å². The zero-order chi connectivity index (χ0) is 78.1. The van der Waals surface area contributed by atoms with Gasteiger partial charge < -0.3 is 39.3 Å². The van der Waals surface area contributed by atoms with Crippen molar-refractivity contribution < 1.29 is 82.2 Å². The maximum atomic E-state index is 17.3. The number of aromatic nitrogens is 6. The zero-order valence-corrected chi connectivity index (χ0v) is 64.3. The molecule has 3 N–H and O–H groups in total. The lowest BCUT2D eigenvalue weighted by molar-refractivity contribution is -0.138. The summed E-state index contributed by atoms with van der Waals surface area (Å²) in [6.45, 7) is 23.2. The molecule has 2 saturated carbocycles. The highest BCUT2D eigenvalue weighted by Crippen LogP contribution is 2.56. The molecule has 2 aromatic carbocycles. The molecule has 27 heteroatoms. The third-order valence-corrected chi connectivity index (χ3v) is 28.4. The molecule has 592 valence electrons. The van der Waals surface area contributed by atoms with E-state index in [2.05, 4.69) is 53.8 Å². The van der Waals surface area contributed by atoms with Gasteiger partial charge in [-0.25, -0.2) is 46.3 Å². The monoisotopic (exact) mass is 1540 g/mol. The summed E-state index contributed by atoms with van der Waals surface area (Å²) in [5.41, 5.74) is 2.37. The summed E-state index contributed by atoms with van der Waals surface area (Å²) in [4.78, 5) is 32.3. The van der Waals surface area contributed by atoms with Crippen LogP contribution in [0.15, 0.2) is 73.3 Å². The van der Waals surface area contributed by atoms with Crippen molar-refractivity contribution in [2.45, 2.75) is 255 Å². The molecule has 4 aromatic heterocycles. The van der Waals surface area contributed by atoms with Gasteiger partial charge in [-0.05, 0) is 151 Å². The van der Waals surface area contributed by atoms with E-state index < -0.39 is 79.8 Å². The van der Waals surface area contributed by atoms with E-state index in [1.54, 1.807) is 24.8 Å². The molecule has 4 atom stereocenters. The molecule has 2 saturated heterocycles. The van der Waals surface area contributed by atoms with Gasteiger partial charge in [-0.3, -0.25) is 9.97 Å². The Morgan fingerprint density at radius 3 is 1.19 bits per heavy atom. The molecule has 2 aliphatic heterocycles. The fraction of sp³-hybridized carbons (Fsp3) is 0.630. The Bertz CT molecular complexity index is 3980. The number of piperidine rings is 2. The lowest BCUT2D eigenvalue weighted by atomic mass is 9.68. The van der Waals surface area contributed by atoms with Crippen molar-refractivity contribution in [1.82, 2.24) is 29.9 Å². The summed E-state index contributed by atoms with van der Waals surface area (Å²) in [5, 5.41) is 32.5. The maximum absolute atomic E-state index is 17.3. The summed E-state index contributed by atoms with van der Waals surface area (Å²) < 4.78 is 191. The highest BCUT2D eigenvalue weighted by atomic mass is 28.3. The van der Waals surface area contributed by atoms with Gasteiger partial charge in [-0.1, -0.05) is 85.8 Å². The Balaban J connectivity index is 0.000000217. The van der Waals surface area contributed by atoms with Gasteiger partial charge in [0.15, 0.2) is 23.8 Å². The van der Waals surface area contributed by atoms with Crippen LogP contribution in [0.4, 0.5) is 64.6 Å². The van der Waals surface area contributed by atoms with Crippen LogP contribution in [0.3, 0.4) is 0 Å². The van der Waals surface area contributed by atoms with Crippen molar-refractivity contribution in [2.24, 2.45) is 10.8 Å². The standard InChI is InChI=1S/C44H60F6N4O3Si.C37H44F6N4O3/c1-41(2,3)58(6,7)27-56-21-8-22-57-32-25-51-40(52-26-32)54-19-15-30(16-20-54)39-37(38(45)29-9-11-31(12-10-29)44(48,49)50)35(28-13-17-43(46,47)18-14-28)36-33(53-39)23-42(4,5)24-34(36)55;1-35(2)18-27-30(28(49)19-35)29(22-8-12-36(39,40)13-9-22)31(32(38)23-4-6-25(7-5-23)37(41,42)43)33(46-27)24-10-14-47(15-11-24)34-44-20-26(21-45-34)50-17-3-16-48/h9-12,25-26,28,30,34,38,55H,8,13-24,27H2,1-7H3;4-7,20-22,24,28,32,48-49H,3,8-19H2,1-2H3. The van der Waals surface area contributed by atoms with Gasteiger partial charge in [0.2, 0.25) is 23.7 Å². The number of fused-ring (bicyclic) bond motifs is 2. The third kappa shape index (κ3) is 19.6. The largest absolute Gasteiger partial charge is 0.490 e. The first-order valence-electron chi connectivity index (χ1n) is 38.2. The van der Waals surface area contributed by atoms with Crippen LogP contribution in [0.1, 0.15) is 278 Å². The second kappa shape index (κ2) is 32.9. The van der Waals surface area contributed by atoms with Crippen molar-refractivity contribution in [3.8, 4) is 11.5 Å². The van der Waals surface area contributed by atoms with E-state index in [1.165, 1.54) is 0 Å². The Kier molecular flexibility index (Phi) is 25.1. The average molecular weight is 1540 g/mol. The van der Waals surface area contributed by atoms with E-state index in [0.717, 1.165) is 61.2 Å². The molecule has 0 spiro atoms. The number of pyridine rings is 2. The summed E-state index contributed by atoms with van der Waals surface area (Å²) in [7, 11) is -1.50. The number of benzene rings is 2. The lowest BCUT2D eigenvalue weighted by Crippen LogP contribution is -2.42. The molecular formula is C81H104F12N8O6Si. The van der Waals surface area contributed by atoms with Gasteiger partial charge >= 0.3 is 12.4 Å². The molecular weight excluding hydrogens is 1440 g/mol. The number of nitrogens with zero attached hydrogens (tertiary/aromatic N) is 8. The van der Waals surface area contributed by atoms with Crippen molar-refractivity contribution >= 4 is 20.0 Å². The molecule has 6 heterocycles. The van der Waals surface area contributed by atoms with Gasteiger partial charge in [0, 0.05) is 130 Å². The van der Waals surface area contributed by atoms with Crippen LogP contribution in [0.25, 0.3) is 0 Å². The van der Waals surface area contributed by atoms with Crippen LogP contribution in [0, 0.1) is 10.8 Å². The molecule has 6 aromatic rings. The smallest absolute Gasteiger partial charge is 0.416 e. The van der Waals surface area contributed by atoms with E-state index in [-0.39, 0.29) is 108 Å². The normalized spacial score (nSPS) is 21.5. The van der Waals surface area contributed by atoms with Crippen LogP contribution < -0.4 is 19.3 Å². The number of rotatable bonds is 21. The average Bonchev–Trinajstić information content (AvgIpc) is 0.735. The predicted octanol–water partition coefficient (Wildman–Crippen LogP) is 19.9. The van der Waals surface area contributed by atoms with Gasteiger partial charge in [-0.15, -0.1) is 0 Å². The first-order valence-corrected chi connectivity index (χ1v) is 41.4. The number of hydrogen-bond donors (Lipinski definition) is 3. The Labute approximate surface area is 626 Å². The Morgan fingerprint density at radius 1 is 0.509 bits per heavy atom. The van der Waals surface area contributed by atoms with Gasteiger partial charge in [0.1, 0.15) is 0 Å². The number of ether oxygens (including phenoxy) is 3. The fourth-order valence-electron chi connectivity index (χ4n) is 16.4. The van der Waals surface area contributed by atoms with E-state index in [4.69, 9.17) is 29.3 Å². The highest BCUT2D eigenvalue weighted by molar-refractivity contribution is 6.80. The lowest BCUT2D eigenvalue weighted by Gasteiger charge is -2.41. The molecule has 12 rings (SSSR count). The molecule has 6 aliphatic rings. The molecule has 4 fully saturated rings. The Hall–Kier alpha value is -6.68. The van der Waals surface area contributed by atoms with Crippen LogP contribution in [-0.4, -0.2) is 124 Å². The predicted molar refractivity (Wildman–Crippen MR) is 391 cm³/mol. The molecule has 0 amide bonds. The first kappa shape index (κ1) is 82.3. The van der Waals surface area contributed by atoms with Crippen LogP contribution in [0.2, 0.25) is 18.1 Å². The fourth-order valence-corrected chi connectivity index (χ4v) is 17.5. The molecule has 4 aliphatic carbocycles. The molecule has 108 heavy (non-hydrogen) atoms. The second-order valence-corrected chi connectivity index (χ2v) is 39.5.